The van der Waals surface area contributed by atoms with Crippen molar-refractivity contribution in [1.29, 1.82) is 0 Å². The van der Waals surface area contributed by atoms with Gasteiger partial charge in [-0.15, -0.1) is 11.3 Å². The van der Waals surface area contributed by atoms with Gasteiger partial charge in [-0.3, -0.25) is 0 Å². The highest BCUT2D eigenvalue weighted by atomic mass is 32.1. The number of rotatable bonds is 5. The molecule has 8 aromatic carbocycles. The van der Waals surface area contributed by atoms with Crippen molar-refractivity contribution >= 4 is 70.4 Å². The Balaban J connectivity index is 1.21. The van der Waals surface area contributed by atoms with Gasteiger partial charge >= 0.3 is 0 Å². The van der Waals surface area contributed by atoms with Crippen LogP contribution in [0, 0.1) is 0 Å². The molecule has 10 aromatic rings. The van der Waals surface area contributed by atoms with Crippen molar-refractivity contribution < 1.29 is 0 Å². The second-order valence-corrected chi connectivity index (χ2v) is 16.0. The summed E-state index contributed by atoms with van der Waals surface area (Å²) in [5, 5.41) is 5.07. The summed E-state index contributed by atoms with van der Waals surface area (Å²) in [7, 11) is 0. The molecule has 2 aromatic heterocycles. The summed E-state index contributed by atoms with van der Waals surface area (Å²) in [6.45, 7) is 4.74. The first-order chi connectivity index (χ1) is 26.6. The first kappa shape index (κ1) is 31.1. The maximum Gasteiger partial charge on any atom is 0.0562 e. The van der Waals surface area contributed by atoms with Crippen LogP contribution in [-0.2, 0) is 5.41 Å². The fourth-order valence-corrected chi connectivity index (χ4v) is 10.2. The van der Waals surface area contributed by atoms with E-state index >= 15 is 0 Å². The fraction of sp³-hybridized carbons (Fsp3) is 0.0588. The molecular weight excluding hydrogens is 673 g/mol. The second-order valence-electron chi connectivity index (χ2n) is 14.9. The van der Waals surface area contributed by atoms with Gasteiger partial charge in [0.2, 0.25) is 0 Å². The number of hydrogen-bond donors (Lipinski definition) is 0. The van der Waals surface area contributed by atoms with E-state index < -0.39 is 0 Å². The molecule has 0 amide bonds. The Bertz CT molecular complexity index is 3080. The van der Waals surface area contributed by atoms with Crippen LogP contribution in [0.2, 0.25) is 0 Å². The summed E-state index contributed by atoms with van der Waals surface area (Å²) in [6, 6.07) is 67.1. The van der Waals surface area contributed by atoms with Crippen molar-refractivity contribution in [3.63, 3.8) is 0 Å². The van der Waals surface area contributed by atoms with Crippen LogP contribution in [0.5, 0.6) is 0 Å². The third-order valence-corrected chi connectivity index (χ3v) is 12.7. The molecule has 54 heavy (non-hydrogen) atoms. The lowest BCUT2D eigenvalue weighted by Crippen LogP contribution is -2.16. The van der Waals surface area contributed by atoms with E-state index in [1.54, 1.807) is 0 Å². The zero-order chi connectivity index (χ0) is 36.0. The Morgan fingerprint density at radius 1 is 0.463 bits per heavy atom. The minimum absolute atomic E-state index is 0.124. The molecule has 11 rings (SSSR count). The first-order valence-corrected chi connectivity index (χ1v) is 19.5. The number of thiophene rings is 1. The van der Waals surface area contributed by atoms with Gasteiger partial charge in [0.05, 0.1) is 16.7 Å². The van der Waals surface area contributed by atoms with E-state index in [1.165, 1.54) is 75.4 Å². The predicted octanol–water partition coefficient (Wildman–Crippen LogP) is 14.6. The lowest BCUT2D eigenvalue weighted by atomic mass is 9.82. The largest absolute Gasteiger partial charge is 0.310 e. The predicted molar refractivity (Wildman–Crippen MR) is 231 cm³/mol. The van der Waals surface area contributed by atoms with Crippen molar-refractivity contribution in [2.45, 2.75) is 19.3 Å². The lowest BCUT2D eigenvalue weighted by molar-refractivity contribution is 0.660. The normalized spacial score (nSPS) is 13.1. The minimum Gasteiger partial charge on any atom is -0.310 e. The van der Waals surface area contributed by atoms with Crippen molar-refractivity contribution in [2.75, 3.05) is 4.90 Å². The molecule has 2 nitrogen and oxygen atoms in total. The SMILES string of the molecule is CC1(C)c2ccccc2-c2ccc(N(c3ccc4sc5cccc(-c6ccccc6)c5c4c3)c3cccc4c3c3ccccc3n4-c3ccccc3)cc21. The number of para-hydroxylation sites is 2. The van der Waals surface area contributed by atoms with Gasteiger partial charge in [0.15, 0.2) is 0 Å². The quantitative estimate of drug-likeness (QED) is 0.173. The summed E-state index contributed by atoms with van der Waals surface area (Å²) in [5.74, 6) is 0. The Hall–Kier alpha value is -6.42. The smallest absolute Gasteiger partial charge is 0.0562 e. The van der Waals surface area contributed by atoms with Gasteiger partial charge < -0.3 is 9.47 Å². The van der Waals surface area contributed by atoms with Crippen LogP contribution >= 0.6 is 11.3 Å². The fourth-order valence-electron chi connectivity index (χ4n) is 9.11. The zero-order valence-corrected chi connectivity index (χ0v) is 30.9. The van der Waals surface area contributed by atoms with E-state index in [0.717, 1.165) is 22.7 Å². The molecule has 0 saturated heterocycles. The van der Waals surface area contributed by atoms with Crippen molar-refractivity contribution in [3.8, 4) is 27.9 Å². The van der Waals surface area contributed by atoms with Crippen LogP contribution in [-0.4, -0.2) is 4.57 Å². The third kappa shape index (κ3) is 4.52. The van der Waals surface area contributed by atoms with Crippen LogP contribution in [0.25, 0.3) is 69.9 Å². The minimum atomic E-state index is -0.124. The molecule has 0 unspecified atom stereocenters. The molecule has 0 N–H and O–H groups in total. The molecule has 256 valence electrons. The van der Waals surface area contributed by atoms with Crippen LogP contribution in [0.4, 0.5) is 17.1 Å². The maximum absolute atomic E-state index is 2.51. The van der Waals surface area contributed by atoms with Crippen LogP contribution in [0.1, 0.15) is 25.0 Å². The molecule has 0 bridgehead atoms. The maximum atomic E-state index is 2.51. The molecule has 3 heteroatoms. The number of hydrogen-bond acceptors (Lipinski definition) is 2. The summed E-state index contributed by atoms with van der Waals surface area (Å²) in [6.07, 6.45) is 0. The van der Waals surface area contributed by atoms with Gasteiger partial charge in [-0.05, 0) is 100 Å². The van der Waals surface area contributed by atoms with Crippen molar-refractivity contribution in [1.82, 2.24) is 4.57 Å². The first-order valence-electron chi connectivity index (χ1n) is 18.7. The Morgan fingerprint density at radius 2 is 1.13 bits per heavy atom. The summed E-state index contributed by atoms with van der Waals surface area (Å²) < 4.78 is 5.01. The van der Waals surface area contributed by atoms with E-state index in [4.69, 9.17) is 0 Å². The molecule has 0 saturated carbocycles. The molecule has 2 heterocycles. The topological polar surface area (TPSA) is 8.17 Å². The van der Waals surface area contributed by atoms with E-state index in [2.05, 4.69) is 205 Å². The lowest BCUT2D eigenvalue weighted by Gasteiger charge is -2.29. The summed E-state index contributed by atoms with van der Waals surface area (Å²) in [5.41, 5.74) is 14.8. The molecule has 0 aliphatic heterocycles. The van der Waals surface area contributed by atoms with E-state index in [9.17, 15) is 0 Å². The Morgan fingerprint density at radius 3 is 2.00 bits per heavy atom. The third-order valence-electron chi connectivity index (χ3n) is 11.6. The van der Waals surface area contributed by atoms with Gasteiger partial charge in [0.25, 0.3) is 0 Å². The molecule has 0 radical (unpaired) electrons. The highest BCUT2D eigenvalue weighted by Crippen LogP contribution is 2.52. The standard InChI is InChI=1S/C51H36N2S/c1-51(2)42-22-11-9-19-38(42)39-29-27-36(32-43(39)51)52(35-28-30-47-41(31-35)49-37(21-13-26-48(49)54-47)33-15-5-3-6-16-33)45-24-14-25-46-50(45)40-20-10-12-23-44(40)53(46)34-17-7-4-8-18-34/h3-32H,1-2H3. The second kappa shape index (κ2) is 11.8. The number of benzene rings is 8. The number of aromatic nitrogens is 1. The van der Waals surface area contributed by atoms with Crippen molar-refractivity contribution in [2.24, 2.45) is 0 Å². The Labute approximate surface area is 318 Å². The molecule has 0 spiro atoms. The highest BCUT2D eigenvalue weighted by Gasteiger charge is 2.36. The number of anilines is 3. The average molecular weight is 709 g/mol. The van der Waals surface area contributed by atoms with Gasteiger partial charge in [-0.25, -0.2) is 0 Å². The average Bonchev–Trinajstić information content (AvgIpc) is 3.84. The summed E-state index contributed by atoms with van der Waals surface area (Å²) >= 11 is 1.88. The number of fused-ring (bicyclic) bond motifs is 9. The summed E-state index contributed by atoms with van der Waals surface area (Å²) in [4.78, 5) is 2.51. The van der Waals surface area contributed by atoms with E-state index in [0.29, 0.717) is 0 Å². The molecule has 1 aliphatic rings. The monoisotopic (exact) mass is 708 g/mol. The van der Waals surface area contributed by atoms with Gasteiger partial charge in [0, 0.05) is 53.4 Å². The molecular formula is C51H36N2S. The highest BCUT2D eigenvalue weighted by molar-refractivity contribution is 7.26. The van der Waals surface area contributed by atoms with Gasteiger partial charge in [-0.2, -0.15) is 0 Å². The van der Waals surface area contributed by atoms with Crippen LogP contribution < -0.4 is 4.90 Å². The van der Waals surface area contributed by atoms with Crippen molar-refractivity contribution in [3.05, 3.63) is 193 Å². The van der Waals surface area contributed by atoms with Gasteiger partial charge in [0.1, 0.15) is 0 Å². The Kier molecular flexibility index (Phi) is 6.80. The van der Waals surface area contributed by atoms with E-state index in [-0.39, 0.29) is 5.41 Å². The molecule has 1 aliphatic carbocycles. The van der Waals surface area contributed by atoms with Gasteiger partial charge in [-0.1, -0.05) is 129 Å². The van der Waals surface area contributed by atoms with Crippen LogP contribution in [0.15, 0.2) is 182 Å². The van der Waals surface area contributed by atoms with Crippen LogP contribution in [0.3, 0.4) is 0 Å². The zero-order valence-electron chi connectivity index (χ0n) is 30.1. The number of nitrogens with zero attached hydrogens (tertiary/aromatic N) is 2. The molecule has 0 fully saturated rings. The molecule has 0 atom stereocenters. The van der Waals surface area contributed by atoms with E-state index in [1.807, 2.05) is 11.3 Å².